The van der Waals surface area contributed by atoms with Crippen molar-refractivity contribution in [1.29, 1.82) is 0 Å². The average molecular weight is 366 g/mol. The van der Waals surface area contributed by atoms with Crippen LogP contribution < -0.4 is 4.74 Å². The lowest BCUT2D eigenvalue weighted by Gasteiger charge is -2.16. The molecule has 110 valence electrons. The zero-order valence-corrected chi connectivity index (χ0v) is 14.5. The van der Waals surface area contributed by atoms with E-state index in [0.717, 1.165) is 28.6 Å². The Morgan fingerprint density at radius 1 is 1.24 bits per heavy atom. The van der Waals surface area contributed by atoms with Crippen LogP contribution in [0.3, 0.4) is 0 Å². The molecule has 1 atom stereocenters. The number of hydrogen-bond acceptors (Lipinski definition) is 1. The summed E-state index contributed by atoms with van der Waals surface area (Å²) in [6.45, 7) is 4.23. The Morgan fingerprint density at radius 2 is 2.05 bits per heavy atom. The van der Waals surface area contributed by atoms with Gasteiger partial charge in [0.15, 0.2) is 0 Å². The highest BCUT2D eigenvalue weighted by Crippen LogP contribution is 2.37. The lowest BCUT2D eigenvalue weighted by Crippen LogP contribution is -2.24. The Bertz CT molecular complexity index is 666. The summed E-state index contributed by atoms with van der Waals surface area (Å²) >= 11 is 10.1. The number of halogens is 2. The SMILES string of the molecule is CC1(C)Cc2cc(C(Cl)Cc3cccc(Br)c3)ccc2O1. The molecule has 2 aromatic rings. The molecular formula is C18H18BrClO. The second-order valence-corrected chi connectivity index (χ2v) is 7.65. The van der Waals surface area contributed by atoms with E-state index < -0.39 is 0 Å². The molecule has 0 spiro atoms. The molecule has 1 unspecified atom stereocenters. The molecule has 0 saturated heterocycles. The quantitative estimate of drug-likeness (QED) is 0.635. The van der Waals surface area contributed by atoms with E-state index >= 15 is 0 Å². The molecule has 1 aliphatic rings. The first kappa shape index (κ1) is 14.9. The van der Waals surface area contributed by atoms with Gasteiger partial charge >= 0.3 is 0 Å². The number of ether oxygens (including phenoxy) is 1. The average Bonchev–Trinajstić information content (AvgIpc) is 2.71. The van der Waals surface area contributed by atoms with Gasteiger partial charge in [-0.2, -0.15) is 0 Å². The fourth-order valence-corrected chi connectivity index (χ4v) is 3.57. The lowest BCUT2D eigenvalue weighted by atomic mass is 9.97. The smallest absolute Gasteiger partial charge is 0.123 e. The van der Waals surface area contributed by atoms with E-state index in [4.69, 9.17) is 16.3 Å². The largest absolute Gasteiger partial charge is 0.487 e. The zero-order valence-electron chi connectivity index (χ0n) is 12.2. The molecule has 3 rings (SSSR count). The summed E-state index contributed by atoms with van der Waals surface area (Å²) in [5, 5.41) is -0.0201. The Morgan fingerprint density at radius 3 is 2.81 bits per heavy atom. The highest BCUT2D eigenvalue weighted by atomic mass is 79.9. The molecule has 3 heteroatoms. The molecule has 1 aliphatic heterocycles. The van der Waals surface area contributed by atoms with Gasteiger partial charge in [0.05, 0.1) is 5.38 Å². The Labute approximate surface area is 139 Å². The normalized spacial score (nSPS) is 17.1. The van der Waals surface area contributed by atoms with Gasteiger partial charge in [0.25, 0.3) is 0 Å². The number of alkyl halides is 1. The topological polar surface area (TPSA) is 9.23 Å². The molecule has 0 radical (unpaired) electrons. The summed E-state index contributed by atoms with van der Waals surface area (Å²) in [5.41, 5.74) is 3.56. The first-order chi connectivity index (χ1) is 9.93. The number of fused-ring (bicyclic) bond motifs is 1. The maximum absolute atomic E-state index is 6.61. The number of hydrogen-bond donors (Lipinski definition) is 0. The standard InChI is InChI=1S/C18H18BrClO/c1-18(2)11-14-10-13(6-7-17(14)21-18)16(20)9-12-4-3-5-15(19)8-12/h3-8,10,16H,9,11H2,1-2H3. The van der Waals surface area contributed by atoms with Gasteiger partial charge in [-0.3, -0.25) is 0 Å². The molecule has 0 aliphatic carbocycles. The molecule has 0 aromatic heterocycles. The number of rotatable bonds is 3. The van der Waals surface area contributed by atoms with Crippen LogP contribution in [0.15, 0.2) is 46.9 Å². The third-order valence-corrected chi connectivity index (χ3v) is 4.65. The summed E-state index contributed by atoms with van der Waals surface area (Å²) < 4.78 is 7.00. The van der Waals surface area contributed by atoms with Gasteiger partial charge in [0.2, 0.25) is 0 Å². The second kappa shape index (κ2) is 5.66. The van der Waals surface area contributed by atoms with Crippen molar-refractivity contribution in [2.75, 3.05) is 0 Å². The van der Waals surface area contributed by atoms with Gasteiger partial charge in [0, 0.05) is 10.9 Å². The van der Waals surface area contributed by atoms with Crippen LogP contribution >= 0.6 is 27.5 Å². The van der Waals surface area contributed by atoms with Crippen molar-refractivity contribution in [3.05, 3.63) is 63.6 Å². The predicted molar refractivity (Wildman–Crippen MR) is 91.3 cm³/mol. The van der Waals surface area contributed by atoms with Crippen LogP contribution in [0.4, 0.5) is 0 Å². The molecule has 0 saturated carbocycles. The summed E-state index contributed by atoms with van der Waals surface area (Å²) in [7, 11) is 0. The first-order valence-corrected chi connectivity index (χ1v) is 8.36. The highest BCUT2D eigenvalue weighted by Gasteiger charge is 2.30. The van der Waals surface area contributed by atoms with Crippen molar-refractivity contribution in [3.63, 3.8) is 0 Å². The molecular weight excluding hydrogens is 348 g/mol. The molecule has 0 N–H and O–H groups in total. The van der Waals surface area contributed by atoms with Crippen molar-refractivity contribution in [3.8, 4) is 5.75 Å². The third kappa shape index (κ3) is 3.44. The Balaban J connectivity index is 1.79. The van der Waals surface area contributed by atoms with Crippen molar-refractivity contribution in [2.45, 2.75) is 37.7 Å². The van der Waals surface area contributed by atoms with Gasteiger partial charge in [-0.05, 0) is 55.2 Å². The maximum atomic E-state index is 6.61. The summed E-state index contributed by atoms with van der Waals surface area (Å²) in [5.74, 6) is 0.995. The molecule has 2 aromatic carbocycles. The van der Waals surface area contributed by atoms with E-state index in [9.17, 15) is 0 Å². The lowest BCUT2D eigenvalue weighted by molar-refractivity contribution is 0.138. The van der Waals surface area contributed by atoms with E-state index in [-0.39, 0.29) is 11.0 Å². The van der Waals surface area contributed by atoms with Gasteiger partial charge in [-0.25, -0.2) is 0 Å². The predicted octanol–water partition coefficient (Wildman–Crippen LogP) is 5.69. The summed E-state index contributed by atoms with van der Waals surface area (Å²) in [6, 6.07) is 14.6. The van der Waals surface area contributed by atoms with Gasteiger partial charge in [0.1, 0.15) is 11.4 Å². The van der Waals surface area contributed by atoms with Crippen LogP contribution in [0.5, 0.6) is 5.75 Å². The first-order valence-electron chi connectivity index (χ1n) is 7.13. The van der Waals surface area contributed by atoms with Crippen molar-refractivity contribution < 1.29 is 4.74 Å². The molecule has 1 nitrogen and oxygen atoms in total. The molecule has 0 amide bonds. The van der Waals surface area contributed by atoms with E-state index in [2.05, 4.69) is 60.1 Å². The molecule has 0 bridgehead atoms. The van der Waals surface area contributed by atoms with Crippen LogP contribution in [0, 0.1) is 0 Å². The van der Waals surface area contributed by atoms with Crippen molar-refractivity contribution in [1.82, 2.24) is 0 Å². The zero-order chi connectivity index (χ0) is 15.0. The highest BCUT2D eigenvalue weighted by molar-refractivity contribution is 9.10. The van der Waals surface area contributed by atoms with Gasteiger partial charge in [-0.1, -0.05) is 40.2 Å². The Hall–Kier alpha value is -0.990. The fourth-order valence-electron chi connectivity index (χ4n) is 2.81. The van der Waals surface area contributed by atoms with Gasteiger partial charge in [-0.15, -0.1) is 11.6 Å². The van der Waals surface area contributed by atoms with E-state index in [1.807, 2.05) is 12.1 Å². The maximum Gasteiger partial charge on any atom is 0.123 e. The van der Waals surface area contributed by atoms with Crippen LogP contribution in [0.1, 0.15) is 35.9 Å². The minimum Gasteiger partial charge on any atom is -0.487 e. The Kier molecular flexibility index (Phi) is 4.02. The van der Waals surface area contributed by atoms with E-state index in [0.29, 0.717) is 0 Å². The van der Waals surface area contributed by atoms with Gasteiger partial charge < -0.3 is 4.74 Å². The second-order valence-electron chi connectivity index (χ2n) is 6.21. The minimum absolute atomic E-state index is 0.0201. The minimum atomic E-state index is -0.104. The van der Waals surface area contributed by atoms with E-state index in [1.54, 1.807) is 0 Å². The molecule has 21 heavy (non-hydrogen) atoms. The fraction of sp³-hybridized carbons (Fsp3) is 0.333. The summed E-state index contributed by atoms with van der Waals surface area (Å²) in [4.78, 5) is 0. The van der Waals surface area contributed by atoms with Crippen LogP contribution in [0.2, 0.25) is 0 Å². The van der Waals surface area contributed by atoms with Crippen LogP contribution in [0.25, 0.3) is 0 Å². The molecule has 1 heterocycles. The monoisotopic (exact) mass is 364 g/mol. The van der Waals surface area contributed by atoms with Crippen molar-refractivity contribution in [2.24, 2.45) is 0 Å². The van der Waals surface area contributed by atoms with Crippen molar-refractivity contribution >= 4 is 27.5 Å². The van der Waals surface area contributed by atoms with Crippen LogP contribution in [-0.2, 0) is 12.8 Å². The molecule has 0 fully saturated rings. The van der Waals surface area contributed by atoms with E-state index in [1.165, 1.54) is 11.1 Å². The third-order valence-electron chi connectivity index (χ3n) is 3.75. The van der Waals surface area contributed by atoms with Crippen LogP contribution in [-0.4, -0.2) is 5.60 Å². The number of benzene rings is 2. The summed E-state index contributed by atoms with van der Waals surface area (Å²) in [6.07, 6.45) is 1.76.